The lowest BCUT2D eigenvalue weighted by atomic mass is 9.87. The molecule has 0 spiro atoms. The molecule has 0 saturated carbocycles. The normalized spacial score (nSPS) is 11.8. The van der Waals surface area contributed by atoms with E-state index in [1.807, 2.05) is 17.5 Å². The Hall–Kier alpha value is -2.43. The Morgan fingerprint density at radius 2 is 1.76 bits per heavy atom. The van der Waals surface area contributed by atoms with Crippen molar-refractivity contribution < 1.29 is 0 Å². The van der Waals surface area contributed by atoms with Crippen molar-refractivity contribution in [1.82, 2.24) is 19.6 Å². The van der Waals surface area contributed by atoms with Gasteiger partial charge in [-0.15, -0.1) is 10.2 Å². The summed E-state index contributed by atoms with van der Waals surface area (Å²) in [6.07, 6.45) is 3.60. The number of rotatable bonds is 2. The average Bonchev–Trinajstić information content (AvgIpc) is 2.82. The first-order chi connectivity index (χ1) is 9.95. The smallest absolute Gasteiger partial charge is 0.204 e. The van der Waals surface area contributed by atoms with Crippen LogP contribution in [0.25, 0.3) is 5.65 Å². The molecule has 0 aliphatic heterocycles. The Morgan fingerprint density at radius 3 is 2.43 bits per heavy atom. The molecule has 21 heavy (non-hydrogen) atoms. The van der Waals surface area contributed by atoms with Gasteiger partial charge < -0.3 is 5.32 Å². The van der Waals surface area contributed by atoms with Crippen molar-refractivity contribution in [2.75, 3.05) is 5.32 Å². The van der Waals surface area contributed by atoms with E-state index in [1.54, 1.807) is 6.20 Å². The minimum absolute atomic E-state index is 0.154. The molecule has 0 radical (unpaired) electrons. The number of anilines is 2. The Balaban J connectivity index is 1.92. The molecule has 0 bridgehead atoms. The largest absolute Gasteiger partial charge is 0.337 e. The molecule has 3 rings (SSSR count). The number of benzene rings is 1. The molecule has 2 heterocycles. The Labute approximate surface area is 124 Å². The fraction of sp³-hybridized carbons (Fsp3) is 0.312. The van der Waals surface area contributed by atoms with Gasteiger partial charge >= 0.3 is 0 Å². The lowest BCUT2D eigenvalue weighted by molar-refractivity contribution is 0.590. The molecular weight excluding hydrogens is 262 g/mol. The number of nitrogens with zero attached hydrogens (tertiary/aromatic N) is 4. The molecule has 0 aliphatic carbocycles. The molecule has 1 N–H and O–H groups in total. The molecule has 108 valence electrons. The van der Waals surface area contributed by atoms with Crippen LogP contribution in [0.15, 0.2) is 36.7 Å². The summed E-state index contributed by atoms with van der Waals surface area (Å²) in [4.78, 5) is 4.35. The number of aromatic nitrogens is 4. The first-order valence-corrected chi connectivity index (χ1v) is 6.99. The molecule has 0 amide bonds. The van der Waals surface area contributed by atoms with Crippen LogP contribution in [0, 0.1) is 6.92 Å². The van der Waals surface area contributed by atoms with Crippen LogP contribution in [-0.4, -0.2) is 19.6 Å². The second-order valence-corrected chi connectivity index (χ2v) is 6.17. The van der Waals surface area contributed by atoms with Gasteiger partial charge in [-0.3, -0.25) is 4.40 Å². The van der Waals surface area contributed by atoms with Gasteiger partial charge in [0.2, 0.25) is 5.65 Å². The van der Waals surface area contributed by atoms with Crippen LogP contribution in [0.4, 0.5) is 11.5 Å². The quantitative estimate of drug-likeness (QED) is 0.781. The summed E-state index contributed by atoms with van der Waals surface area (Å²) in [5.74, 6) is 1.56. The highest BCUT2D eigenvalue weighted by Crippen LogP contribution is 2.25. The zero-order chi connectivity index (χ0) is 15.0. The van der Waals surface area contributed by atoms with Crippen LogP contribution in [-0.2, 0) is 5.41 Å². The molecule has 0 aliphatic rings. The molecule has 0 unspecified atom stereocenters. The van der Waals surface area contributed by atoms with Crippen molar-refractivity contribution in [3.05, 3.63) is 48.0 Å². The van der Waals surface area contributed by atoms with Crippen molar-refractivity contribution in [2.24, 2.45) is 0 Å². The van der Waals surface area contributed by atoms with Gasteiger partial charge in [-0.2, -0.15) is 0 Å². The lowest BCUT2D eigenvalue weighted by Crippen LogP contribution is -2.10. The summed E-state index contributed by atoms with van der Waals surface area (Å²) < 4.78 is 1.92. The average molecular weight is 281 g/mol. The minimum atomic E-state index is 0.154. The second kappa shape index (κ2) is 4.84. The predicted molar refractivity (Wildman–Crippen MR) is 83.9 cm³/mol. The van der Waals surface area contributed by atoms with Crippen LogP contribution in [0.3, 0.4) is 0 Å². The highest BCUT2D eigenvalue weighted by atomic mass is 15.3. The maximum absolute atomic E-state index is 4.35. The SMILES string of the molecule is Cc1nnc2c(Nc3ccc(C(C)(C)C)cc3)nccn12. The van der Waals surface area contributed by atoms with Gasteiger partial charge in [0.25, 0.3) is 0 Å². The summed E-state index contributed by atoms with van der Waals surface area (Å²) >= 11 is 0. The van der Waals surface area contributed by atoms with E-state index in [0.717, 1.165) is 17.2 Å². The fourth-order valence-corrected chi connectivity index (χ4v) is 2.22. The van der Waals surface area contributed by atoms with E-state index in [-0.39, 0.29) is 5.41 Å². The third kappa shape index (κ3) is 2.59. The predicted octanol–water partition coefficient (Wildman–Crippen LogP) is 3.47. The molecule has 0 atom stereocenters. The third-order valence-electron chi connectivity index (χ3n) is 3.51. The number of nitrogens with one attached hydrogen (secondary N) is 1. The van der Waals surface area contributed by atoms with Crippen LogP contribution < -0.4 is 5.32 Å². The first-order valence-electron chi connectivity index (χ1n) is 6.99. The number of fused-ring (bicyclic) bond motifs is 1. The highest BCUT2D eigenvalue weighted by Gasteiger charge is 2.13. The molecule has 0 fully saturated rings. The van der Waals surface area contributed by atoms with Gasteiger partial charge in [-0.25, -0.2) is 4.98 Å². The number of hydrogen-bond acceptors (Lipinski definition) is 4. The van der Waals surface area contributed by atoms with Gasteiger partial charge in [0.1, 0.15) is 5.82 Å². The number of aryl methyl sites for hydroxylation is 1. The van der Waals surface area contributed by atoms with E-state index in [1.165, 1.54) is 5.56 Å². The van der Waals surface area contributed by atoms with E-state index >= 15 is 0 Å². The van der Waals surface area contributed by atoms with Gasteiger partial charge in [-0.05, 0) is 30.0 Å². The third-order valence-corrected chi connectivity index (χ3v) is 3.51. The lowest BCUT2D eigenvalue weighted by Gasteiger charge is -2.19. The van der Waals surface area contributed by atoms with Crippen molar-refractivity contribution in [2.45, 2.75) is 33.1 Å². The Kier molecular flexibility index (Phi) is 3.12. The fourth-order valence-electron chi connectivity index (χ4n) is 2.22. The summed E-state index contributed by atoms with van der Waals surface area (Å²) in [7, 11) is 0. The molecule has 5 nitrogen and oxygen atoms in total. The molecule has 2 aromatic heterocycles. The van der Waals surface area contributed by atoms with Crippen LogP contribution in [0.2, 0.25) is 0 Å². The van der Waals surface area contributed by atoms with E-state index in [2.05, 4.69) is 65.5 Å². The standard InChI is InChI=1S/C16H19N5/c1-11-19-20-15-14(17-9-10-21(11)15)18-13-7-5-12(6-8-13)16(2,3)4/h5-10H,1-4H3,(H,17,18). The molecule has 3 aromatic rings. The van der Waals surface area contributed by atoms with Crippen molar-refractivity contribution in [3.8, 4) is 0 Å². The summed E-state index contributed by atoms with van der Waals surface area (Å²) in [6.45, 7) is 8.53. The topological polar surface area (TPSA) is 55.1 Å². The van der Waals surface area contributed by atoms with Crippen molar-refractivity contribution in [1.29, 1.82) is 0 Å². The number of hydrogen-bond donors (Lipinski definition) is 1. The summed E-state index contributed by atoms with van der Waals surface area (Å²) in [6, 6.07) is 8.40. The Bertz CT molecular complexity index is 765. The van der Waals surface area contributed by atoms with E-state index in [0.29, 0.717) is 5.82 Å². The van der Waals surface area contributed by atoms with Gasteiger partial charge in [0.05, 0.1) is 0 Å². The highest BCUT2D eigenvalue weighted by molar-refractivity contribution is 5.69. The van der Waals surface area contributed by atoms with Crippen molar-refractivity contribution >= 4 is 17.2 Å². The maximum atomic E-state index is 4.35. The van der Waals surface area contributed by atoms with Crippen LogP contribution >= 0.6 is 0 Å². The summed E-state index contributed by atoms with van der Waals surface area (Å²) in [5, 5.41) is 11.5. The monoisotopic (exact) mass is 281 g/mol. The first kappa shape index (κ1) is 13.5. The van der Waals surface area contributed by atoms with Crippen molar-refractivity contribution in [3.63, 3.8) is 0 Å². The molecule has 1 aromatic carbocycles. The van der Waals surface area contributed by atoms with E-state index in [4.69, 9.17) is 0 Å². The maximum Gasteiger partial charge on any atom is 0.204 e. The molecule has 0 saturated heterocycles. The van der Waals surface area contributed by atoms with E-state index < -0.39 is 0 Å². The second-order valence-electron chi connectivity index (χ2n) is 6.17. The van der Waals surface area contributed by atoms with Gasteiger partial charge in [0.15, 0.2) is 5.82 Å². The zero-order valence-electron chi connectivity index (χ0n) is 12.8. The van der Waals surface area contributed by atoms with E-state index in [9.17, 15) is 0 Å². The zero-order valence-corrected chi connectivity index (χ0v) is 12.8. The molecular formula is C16H19N5. The Morgan fingerprint density at radius 1 is 1.05 bits per heavy atom. The van der Waals surface area contributed by atoms with Crippen LogP contribution in [0.5, 0.6) is 0 Å². The van der Waals surface area contributed by atoms with Gasteiger partial charge in [0, 0.05) is 18.1 Å². The minimum Gasteiger partial charge on any atom is -0.337 e. The molecule has 5 heteroatoms. The van der Waals surface area contributed by atoms with Crippen LogP contribution in [0.1, 0.15) is 32.2 Å². The summed E-state index contributed by atoms with van der Waals surface area (Å²) in [5.41, 5.74) is 3.18. The van der Waals surface area contributed by atoms with Gasteiger partial charge in [-0.1, -0.05) is 32.9 Å².